The largest absolute Gasteiger partial charge is 0.305 e. The highest BCUT2D eigenvalue weighted by molar-refractivity contribution is 7.12. The highest BCUT2D eigenvalue weighted by atomic mass is 35.5. The van der Waals surface area contributed by atoms with Crippen LogP contribution in [0.2, 0.25) is 10.0 Å². The first-order chi connectivity index (χ1) is 9.40. The summed E-state index contributed by atoms with van der Waals surface area (Å²) in [5, 5.41) is 3.91. The van der Waals surface area contributed by atoms with Crippen molar-refractivity contribution in [3.8, 4) is 0 Å². The number of halogens is 3. The van der Waals surface area contributed by atoms with Gasteiger partial charge in [-0.3, -0.25) is 0 Å². The second kappa shape index (κ2) is 6.44. The van der Waals surface area contributed by atoms with Crippen molar-refractivity contribution in [1.82, 2.24) is 5.32 Å². The minimum absolute atomic E-state index is 0.0936. The maximum absolute atomic E-state index is 13.5. The molecule has 20 heavy (non-hydrogen) atoms. The Bertz CT molecular complexity index is 605. The molecule has 1 aromatic heterocycles. The fourth-order valence-corrected chi connectivity index (χ4v) is 3.73. The van der Waals surface area contributed by atoms with Crippen LogP contribution in [0.4, 0.5) is 4.39 Å². The molecule has 0 aliphatic carbocycles. The van der Waals surface area contributed by atoms with Gasteiger partial charge < -0.3 is 5.32 Å². The smallest absolute Gasteiger partial charge is 0.142 e. The van der Waals surface area contributed by atoms with E-state index < -0.39 is 5.82 Å². The first-order valence-electron chi connectivity index (χ1n) is 6.33. The number of benzene rings is 1. The van der Waals surface area contributed by atoms with Gasteiger partial charge in [0.15, 0.2) is 0 Å². The number of nitrogens with one attached hydrogen (secondary N) is 1. The molecule has 0 aliphatic heterocycles. The number of hydrogen-bond acceptors (Lipinski definition) is 2. The Labute approximate surface area is 132 Å². The van der Waals surface area contributed by atoms with Crippen LogP contribution in [0.15, 0.2) is 18.2 Å². The number of rotatable bonds is 4. The number of thiophene rings is 1. The second-order valence-electron chi connectivity index (χ2n) is 4.81. The third-order valence-electron chi connectivity index (χ3n) is 3.31. The molecule has 2 aromatic rings. The Kier molecular flexibility index (Phi) is 5.08. The summed E-state index contributed by atoms with van der Waals surface area (Å²) in [6.45, 7) is 6.84. The molecule has 0 aliphatic rings. The van der Waals surface area contributed by atoms with E-state index in [1.54, 1.807) is 11.3 Å². The summed E-state index contributed by atoms with van der Waals surface area (Å²) in [6, 6.07) is 4.87. The lowest BCUT2D eigenvalue weighted by atomic mass is 10.1. The summed E-state index contributed by atoms with van der Waals surface area (Å²) in [4.78, 5) is 2.56. The Morgan fingerprint density at radius 3 is 2.60 bits per heavy atom. The van der Waals surface area contributed by atoms with Crippen molar-refractivity contribution in [3.63, 3.8) is 0 Å². The van der Waals surface area contributed by atoms with Crippen LogP contribution in [0.1, 0.15) is 33.8 Å². The topological polar surface area (TPSA) is 12.0 Å². The lowest BCUT2D eigenvalue weighted by molar-refractivity contribution is 0.569. The molecule has 0 amide bonds. The molecule has 0 radical (unpaired) electrons. The van der Waals surface area contributed by atoms with Gasteiger partial charge in [-0.15, -0.1) is 11.3 Å². The van der Waals surface area contributed by atoms with Gasteiger partial charge in [0, 0.05) is 32.9 Å². The van der Waals surface area contributed by atoms with E-state index in [0.29, 0.717) is 17.1 Å². The van der Waals surface area contributed by atoms with E-state index in [9.17, 15) is 4.39 Å². The fraction of sp³-hybridized carbons (Fsp3) is 0.333. The molecule has 1 unspecified atom stereocenters. The van der Waals surface area contributed by atoms with Gasteiger partial charge >= 0.3 is 0 Å². The number of hydrogen-bond donors (Lipinski definition) is 1. The predicted octanol–water partition coefficient (Wildman–Crippen LogP) is 5.66. The molecule has 5 heteroatoms. The van der Waals surface area contributed by atoms with Crippen molar-refractivity contribution in [2.45, 2.75) is 33.4 Å². The summed E-state index contributed by atoms with van der Waals surface area (Å²) < 4.78 is 13.5. The first-order valence-corrected chi connectivity index (χ1v) is 7.90. The lowest BCUT2D eigenvalue weighted by Crippen LogP contribution is -2.18. The van der Waals surface area contributed by atoms with E-state index in [1.807, 2.05) is 6.92 Å². The molecule has 2 rings (SSSR count). The Morgan fingerprint density at radius 2 is 2.00 bits per heavy atom. The summed E-state index contributed by atoms with van der Waals surface area (Å²) in [5.74, 6) is -0.442. The van der Waals surface area contributed by atoms with Gasteiger partial charge in [0.25, 0.3) is 0 Å². The Hall–Kier alpha value is -0.610. The molecular formula is C15H16Cl2FNS. The third kappa shape index (κ3) is 3.34. The van der Waals surface area contributed by atoms with Crippen LogP contribution in [-0.4, -0.2) is 0 Å². The summed E-state index contributed by atoms with van der Waals surface area (Å²) in [5.41, 5.74) is 1.90. The minimum atomic E-state index is -0.442. The monoisotopic (exact) mass is 331 g/mol. The maximum atomic E-state index is 13.5. The zero-order valence-corrected chi connectivity index (χ0v) is 13.9. The van der Waals surface area contributed by atoms with Crippen molar-refractivity contribution < 1.29 is 4.39 Å². The molecule has 0 saturated heterocycles. The van der Waals surface area contributed by atoms with Crippen molar-refractivity contribution in [2.24, 2.45) is 0 Å². The van der Waals surface area contributed by atoms with Crippen molar-refractivity contribution >= 4 is 34.5 Å². The molecular weight excluding hydrogens is 316 g/mol. The SMILES string of the molecule is Cc1cc(CNC(C)c2c(Cl)ccc(F)c2Cl)sc1C. The first kappa shape index (κ1) is 15.8. The average Bonchev–Trinajstić information content (AvgIpc) is 2.71. The molecule has 1 atom stereocenters. The van der Waals surface area contributed by atoms with Gasteiger partial charge in [-0.1, -0.05) is 23.2 Å². The number of aryl methyl sites for hydroxylation is 2. The van der Waals surface area contributed by atoms with Gasteiger partial charge in [0.1, 0.15) is 5.82 Å². The predicted molar refractivity (Wildman–Crippen MR) is 85.5 cm³/mol. The third-order valence-corrected chi connectivity index (χ3v) is 5.18. The van der Waals surface area contributed by atoms with Gasteiger partial charge in [-0.05, 0) is 44.5 Å². The zero-order chi connectivity index (χ0) is 14.9. The molecule has 1 N–H and O–H groups in total. The van der Waals surface area contributed by atoms with Crippen molar-refractivity contribution in [3.05, 3.63) is 54.9 Å². The standard InChI is InChI=1S/C15H16Cl2FNS/c1-8-6-11(20-10(8)3)7-19-9(2)14-12(16)4-5-13(18)15(14)17/h4-6,9,19H,7H2,1-3H3. The van der Waals surface area contributed by atoms with Crippen molar-refractivity contribution in [2.75, 3.05) is 0 Å². The zero-order valence-electron chi connectivity index (χ0n) is 11.6. The quantitative estimate of drug-likeness (QED) is 0.712. The maximum Gasteiger partial charge on any atom is 0.142 e. The van der Waals surface area contributed by atoms with E-state index >= 15 is 0 Å². The van der Waals surface area contributed by atoms with E-state index in [2.05, 4.69) is 25.2 Å². The van der Waals surface area contributed by atoms with Gasteiger partial charge in [-0.25, -0.2) is 4.39 Å². The highest BCUT2D eigenvalue weighted by Crippen LogP contribution is 2.32. The van der Waals surface area contributed by atoms with Crippen LogP contribution in [0.5, 0.6) is 0 Å². The van der Waals surface area contributed by atoms with Gasteiger partial charge in [0.05, 0.1) is 5.02 Å². The van der Waals surface area contributed by atoms with E-state index in [1.165, 1.54) is 27.5 Å². The Morgan fingerprint density at radius 1 is 1.30 bits per heavy atom. The van der Waals surface area contributed by atoms with Crippen LogP contribution >= 0.6 is 34.5 Å². The molecule has 1 nitrogen and oxygen atoms in total. The van der Waals surface area contributed by atoms with E-state index in [-0.39, 0.29) is 11.1 Å². The van der Waals surface area contributed by atoms with E-state index in [4.69, 9.17) is 23.2 Å². The van der Waals surface area contributed by atoms with E-state index in [0.717, 1.165) is 0 Å². The van der Waals surface area contributed by atoms with Gasteiger partial charge in [-0.2, -0.15) is 0 Å². The van der Waals surface area contributed by atoms with Crippen molar-refractivity contribution in [1.29, 1.82) is 0 Å². The van der Waals surface area contributed by atoms with Crippen LogP contribution < -0.4 is 5.32 Å². The summed E-state index contributed by atoms with van der Waals surface area (Å²) >= 11 is 13.9. The minimum Gasteiger partial charge on any atom is -0.305 e. The molecule has 0 bridgehead atoms. The summed E-state index contributed by atoms with van der Waals surface area (Å²) in [7, 11) is 0. The van der Waals surface area contributed by atoms with Crippen LogP contribution in [-0.2, 0) is 6.54 Å². The molecule has 108 valence electrons. The summed E-state index contributed by atoms with van der Waals surface area (Å²) in [6.07, 6.45) is 0. The van der Waals surface area contributed by atoms with Crippen LogP contribution in [0, 0.1) is 19.7 Å². The van der Waals surface area contributed by atoms with Crippen LogP contribution in [0.3, 0.4) is 0 Å². The molecule has 0 spiro atoms. The second-order valence-corrected chi connectivity index (χ2v) is 6.94. The Balaban J connectivity index is 2.12. The van der Waals surface area contributed by atoms with Gasteiger partial charge in [0.2, 0.25) is 0 Å². The fourth-order valence-electron chi connectivity index (χ4n) is 2.03. The lowest BCUT2D eigenvalue weighted by Gasteiger charge is -2.17. The molecule has 0 saturated carbocycles. The normalized spacial score (nSPS) is 12.7. The van der Waals surface area contributed by atoms with Crippen LogP contribution in [0.25, 0.3) is 0 Å². The average molecular weight is 332 g/mol. The molecule has 0 fully saturated rings. The molecule has 1 aromatic carbocycles. The highest BCUT2D eigenvalue weighted by Gasteiger charge is 2.17. The molecule has 1 heterocycles.